The topological polar surface area (TPSA) is 32.3 Å². The van der Waals surface area contributed by atoms with Crippen molar-refractivity contribution in [3.63, 3.8) is 0 Å². The lowest BCUT2D eigenvalue weighted by molar-refractivity contribution is -0.109. The van der Waals surface area contributed by atoms with Crippen molar-refractivity contribution in [1.29, 1.82) is 0 Å². The fourth-order valence-electron chi connectivity index (χ4n) is 2.31. The zero-order valence-electron chi connectivity index (χ0n) is 9.17. The highest BCUT2D eigenvalue weighted by Gasteiger charge is 2.20. The van der Waals surface area contributed by atoms with Crippen molar-refractivity contribution in [3.05, 3.63) is 0 Å². The minimum Gasteiger partial charge on any atom is -0.359 e. The highest BCUT2D eigenvalue weighted by molar-refractivity contribution is 5.45. The molecule has 0 aromatic rings. The monoisotopic (exact) mass is 198 g/mol. The van der Waals surface area contributed by atoms with E-state index in [0.29, 0.717) is 0 Å². The van der Waals surface area contributed by atoms with Gasteiger partial charge in [-0.3, -0.25) is 4.79 Å². The second-order valence-electron chi connectivity index (χ2n) is 3.99. The van der Waals surface area contributed by atoms with E-state index in [2.05, 4.69) is 17.1 Å². The molecular formula is C11H22N2O. The van der Waals surface area contributed by atoms with Gasteiger partial charge < -0.3 is 10.2 Å². The molecule has 0 aromatic carbocycles. The molecule has 1 amide bonds. The van der Waals surface area contributed by atoms with Gasteiger partial charge in [-0.2, -0.15) is 0 Å². The number of nitrogens with zero attached hydrogens (tertiary/aromatic N) is 1. The van der Waals surface area contributed by atoms with Gasteiger partial charge in [0.2, 0.25) is 6.41 Å². The molecule has 0 heterocycles. The number of carbonyl (C=O) groups is 1. The minimum absolute atomic E-state index is 0.784. The molecule has 1 aliphatic carbocycles. The van der Waals surface area contributed by atoms with Crippen LogP contribution in [0.1, 0.15) is 39.0 Å². The highest BCUT2D eigenvalue weighted by atomic mass is 16.1. The van der Waals surface area contributed by atoms with E-state index in [1.54, 1.807) is 0 Å². The van der Waals surface area contributed by atoms with Crippen LogP contribution in [0.15, 0.2) is 0 Å². The van der Waals surface area contributed by atoms with Gasteiger partial charge in [0.15, 0.2) is 0 Å². The van der Waals surface area contributed by atoms with E-state index in [0.717, 1.165) is 38.5 Å². The van der Waals surface area contributed by atoms with Crippen molar-refractivity contribution in [3.8, 4) is 0 Å². The zero-order chi connectivity index (χ0) is 10.2. The van der Waals surface area contributed by atoms with Crippen molar-refractivity contribution in [2.45, 2.75) is 45.1 Å². The van der Waals surface area contributed by atoms with Gasteiger partial charge in [0.25, 0.3) is 0 Å². The van der Waals surface area contributed by atoms with E-state index in [1.165, 1.54) is 25.7 Å². The third kappa shape index (κ3) is 3.66. The average Bonchev–Trinajstić information content (AvgIpc) is 2.71. The Bertz CT molecular complexity index is 155. The molecule has 0 aliphatic heterocycles. The summed E-state index contributed by atoms with van der Waals surface area (Å²) < 4.78 is 0. The predicted molar refractivity (Wildman–Crippen MR) is 58.2 cm³/mol. The molecular weight excluding hydrogens is 176 g/mol. The number of hydrogen-bond acceptors (Lipinski definition) is 2. The molecule has 14 heavy (non-hydrogen) atoms. The van der Waals surface area contributed by atoms with Crippen LogP contribution in [0.4, 0.5) is 0 Å². The first-order chi connectivity index (χ1) is 6.88. The van der Waals surface area contributed by atoms with E-state index in [-0.39, 0.29) is 0 Å². The van der Waals surface area contributed by atoms with Crippen molar-refractivity contribution < 1.29 is 4.79 Å². The molecule has 0 spiro atoms. The fraction of sp³-hybridized carbons (Fsp3) is 0.909. The summed E-state index contributed by atoms with van der Waals surface area (Å²) in [6.45, 7) is 5.31. The van der Waals surface area contributed by atoms with Crippen LogP contribution in [0.2, 0.25) is 0 Å². The molecule has 0 atom stereocenters. The molecule has 82 valence electrons. The molecule has 1 aliphatic rings. The maximum Gasteiger partial charge on any atom is 0.207 e. The van der Waals surface area contributed by atoms with Crippen LogP contribution in [0, 0.1) is 0 Å². The first kappa shape index (κ1) is 11.5. The van der Waals surface area contributed by atoms with Crippen molar-refractivity contribution in [2.24, 2.45) is 0 Å². The Morgan fingerprint density at radius 1 is 1.43 bits per heavy atom. The van der Waals surface area contributed by atoms with Gasteiger partial charge in [-0.25, -0.2) is 0 Å². The molecule has 3 nitrogen and oxygen atoms in total. The highest BCUT2D eigenvalue weighted by Crippen LogP contribution is 2.23. The van der Waals surface area contributed by atoms with Gasteiger partial charge in [0, 0.05) is 19.1 Å². The Labute approximate surface area is 86.9 Å². The minimum atomic E-state index is 0.784. The summed E-state index contributed by atoms with van der Waals surface area (Å²) >= 11 is 0. The first-order valence-electron chi connectivity index (χ1n) is 5.79. The Hall–Kier alpha value is -0.570. The number of nitrogens with one attached hydrogen (secondary N) is 1. The summed E-state index contributed by atoms with van der Waals surface area (Å²) in [7, 11) is 0. The molecule has 0 aromatic heterocycles. The summed E-state index contributed by atoms with van der Waals surface area (Å²) in [5.74, 6) is 0. The predicted octanol–water partition coefficient (Wildman–Crippen LogP) is 1.39. The van der Waals surface area contributed by atoms with Crippen LogP contribution >= 0.6 is 0 Å². The van der Waals surface area contributed by atoms with E-state index < -0.39 is 0 Å². The van der Waals surface area contributed by atoms with Gasteiger partial charge in [-0.15, -0.1) is 0 Å². The van der Waals surface area contributed by atoms with Crippen LogP contribution in [-0.2, 0) is 4.79 Å². The van der Waals surface area contributed by atoms with Gasteiger partial charge >= 0.3 is 0 Å². The lowest BCUT2D eigenvalue weighted by atomic mass is 10.2. The van der Waals surface area contributed by atoms with Gasteiger partial charge in [-0.1, -0.05) is 19.8 Å². The van der Waals surface area contributed by atoms with E-state index in [1.807, 2.05) is 0 Å². The van der Waals surface area contributed by atoms with Crippen LogP contribution < -0.4 is 5.32 Å². The molecule has 0 bridgehead atoms. The van der Waals surface area contributed by atoms with Gasteiger partial charge in [-0.05, 0) is 25.8 Å². The van der Waals surface area contributed by atoms with E-state index >= 15 is 0 Å². The molecule has 1 fully saturated rings. The largest absolute Gasteiger partial charge is 0.359 e. The van der Waals surface area contributed by atoms with Crippen LogP contribution in [0.3, 0.4) is 0 Å². The maximum atomic E-state index is 10.1. The summed E-state index contributed by atoms with van der Waals surface area (Å²) in [6, 6.07) is 0.816. The van der Waals surface area contributed by atoms with E-state index in [4.69, 9.17) is 0 Å². The Balaban J connectivity index is 2.13. The van der Waals surface area contributed by atoms with Crippen LogP contribution in [-0.4, -0.2) is 37.0 Å². The Morgan fingerprint density at radius 2 is 2.14 bits per heavy atom. The molecule has 0 radical (unpaired) electrons. The smallest absolute Gasteiger partial charge is 0.207 e. The number of rotatable bonds is 7. The maximum absolute atomic E-state index is 10.1. The van der Waals surface area contributed by atoms with Crippen molar-refractivity contribution in [2.75, 3.05) is 19.6 Å². The third-order valence-corrected chi connectivity index (χ3v) is 3.10. The average molecular weight is 198 g/mol. The third-order valence-electron chi connectivity index (χ3n) is 3.10. The second kappa shape index (κ2) is 6.82. The summed E-state index contributed by atoms with van der Waals surface area (Å²) in [6.07, 6.45) is 7.39. The van der Waals surface area contributed by atoms with Gasteiger partial charge in [0.1, 0.15) is 0 Å². The molecule has 0 unspecified atom stereocenters. The Kier molecular flexibility index (Phi) is 5.60. The lowest BCUT2D eigenvalue weighted by Gasteiger charge is -2.27. The van der Waals surface area contributed by atoms with Crippen molar-refractivity contribution in [1.82, 2.24) is 10.2 Å². The van der Waals surface area contributed by atoms with Gasteiger partial charge in [0.05, 0.1) is 0 Å². The number of carbonyl (C=O) groups excluding carboxylic acids is 1. The normalized spacial score (nSPS) is 17.6. The van der Waals surface area contributed by atoms with Crippen LogP contribution in [0.25, 0.3) is 0 Å². The first-order valence-corrected chi connectivity index (χ1v) is 5.79. The molecule has 1 N–H and O–H groups in total. The molecule has 0 saturated heterocycles. The molecule has 3 heteroatoms. The number of amides is 1. The standard InChI is InChI=1S/C11H22N2O/c1-2-13(9-5-8-12-10-14)11-6-3-4-7-11/h10-11H,2-9H2,1H3,(H,12,14). The molecule has 1 rings (SSSR count). The quantitative estimate of drug-likeness (QED) is 0.495. The lowest BCUT2D eigenvalue weighted by Crippen LogP contribution is -2.35. The second-order valence-corrected chi connectivity index (χ2v) is 3.99. The zero-order valence-corrected chi connectivity index (χ0v) is 9.17. The SMILES string of the molecule is CCN(CCCNC=O)C1CCCC1. The Morgan fingerprint density at radius 3 is 2.71 bits per heavy atom. The van der Waals surface area contributed by atoms with E-state index in [9.17, 15) is 4.79 Å². The van der Waals surface area contributed by atoms with Crippen LogP contribution in [0.5, 0.6) is 0 Å². The van der Waals surface area contributed by atoms with Crippen molar-refractivity contribution >= 4 is 6.41 Å². The number of hydrogen-bond donors (Lipinski definition) is 1. The summed E-state index contributed by atoms with van der Waals surface area (Å²) in [5.41, 5.74) is 0. The summed E-state index contributed by atoms with van der Waals surface area (Å²) in [5, 5.41) is 2.71. The molecule has 1 saturated carbocycles. The summed E-state index contributed by atoms with van der Waals surface area (Å²) in [4.78, 5) is 12.6. The fourth-order valence-corrected chi connectivity index (χ4v) is 2.31.